The highest BCUT2D eigenvalue weighted by Gasteiger charge is 2.55. The molecule has 0 amide bonds. The van der Waals surface area contributed by atoms with E-state index >= 15 is 0 Å². The van der Waals surface area contributed by atoms with Gasteiger partial charge in [0.25, 0.3) is 0 Å². The molecule has 2 aliphatic rings. The van der Waals surface area contributed by atoms with E-state index in [9.17, 15) is 14.1 Å². The Morgan fingerprint density at radius 2 is 2.04 bits per heavy atom. The Morgan fingerprint density at radius 1 is 1.38 bits per heavy atom. The first-order valence-corrected chi connectivity index (χ1v) is 9.97. The summed E-state index contributed by atoms with van der Waals surface area (Å²) in [6.07, 6.45) is 5.22. The standard InChI is InChI=1S/C17H18BrNO4S/c1-23-16(21)17(18)10-12-4-3-9-19(12)15(17)14(20)11-5-7-13(8-6-11)24(2)22/h5-8,10,15H,3-4,9H2,1-2H3. The highest BCUT2D eigenvalue weighted by atomic mass is 79.9. The van der Waals surface area contributed by atoms with E-state index in [0.29, 0.717) is 10.5 Å². The van der Waals surface area contributed by atoms with Crippen LogP contribution in [0.5, 0.6) is 0 Å². The van der Waals surface area contributed by atoms with Gasteiger partial charge in [0.15, 0.2) is 15.0 Å². The molecule has 5 nitrogen and oxygen atoms in total. The monoisotopic (exact) mass is 411 g/mol. The molecule has 128 valence electrons. The number of halogens is 1. The van der Waals surface area contributed by atoms with Crippen molar-refractivity contribution in [2.45, 2.75) is 28.1 Å². The fourth-order valence-corrected chi connectivity index (χ4v) is 4.74. The van der Waals surface area contributed by atoms with Crippen molar-refractivity contribution in [3.8, 4) is 0 Å². The molecule has 7 heteroatoms. The van der Waals surface area contributed by atoms with Crippen LogP contribution in [-0.4, -0.2) is 51.5 Å². The van der Waals surface area contributed by atoms with E-state index in [1.165, 1.54) is 7.11 Å². The van der Waals surface area contributed by atoms with Crippen LogP contribution in [0, 0.1) is 0 Å². The summed E-state index contributed by atoms with van der Waals surface area (Å²) in [4.78, 5) is 28.1. The molecule has 3 unspecified atom stereocenters. The maximum atomic E-state index is 13.1. The van der Waals surface area contributed by atoms with E-state index in [2.05, 4.69) is 15.9 Å². The number of ether oxygens (including phenoxy) is 1. The van der Waals surface area contributed by atoms with Crippen LogP contribution in [-0.2, 0) is 20.7 Å². The second-order valence-corrected chi connectivity index (χ2v) is 8.63. The first kappa shape index (κ1) is 17.5. The van der Waals surface area contributed by atoms with Crippen molar-refractivity contribution >= 4 is 38.9 Å². The second kappa shape index (κ2) is 6.54. The maximum absolute atomic E-state index is 13.1. The summed E-state index contributed by atoms with van der Waals surface area (Å²) in [5, 5.41) is 0. The zero-order chi connectivity index (χ0) is 17.5. The Labute approximate surface area is 152 Å². The molecule has 3 rings (SSSR count). The summed E-state index contributed by atoms with van der Waals surface area (Å²) in [5.74, 6) is -0.632. The van der Waals surface area contributed by atoms with Crippen molar-refractivity contribution in [1.82, 2.24) is 4.90 Å². The molecule has 0 N–H and O–H groups in total. The predicted molar refractivity (Wildman–Crippen MR) is 94.6 cm³/mol. The van der Waals surface area contributed by atoms with Gasteiger partial charge < -0.3 is 14.2 Å². The molecule has 1 saturated heterocycles. The number of hydrogen-bond donors (Lipinski definition) is 0. The van der Waals surface area contributed by atoms with Crippen LogP contribution in [0.3, 0.4) is 0 Å². The van der Waals surface area contributed by atoms with Gasteiger partial charge in [-0.15, -0.1) is 0 Å². The van der Waals surface area contributed by atoms with Crippen LogP contribution < -0.4 is 0 Å². The number of methoxy groups -OCH3 is 1. The number of benzene rings is 1. The van der Waals surface area contributed by atoms with Gasteiger partial charge in [0.2, 0.25) is 0 Å². The zero-order valence-corrected chi connectivity index (χ0v) is 15.9. The predicted octanol–water partition coefficient (Wildman–Crippen LogP) is 2.28. The minimum Gasteiger partial charge on any atom is -0.612 e. The normalized spacial score (nSPS) is 26.8. The molecule has 0 bridgehead atoms. The highest BCUT2D eigenvalue weighted by Crippen LogP contribution is 2.44. The lowest BCUT2D eigenvalue weighted by Gasteiger charge is -2.31. The Kier molecular flexibility index (Phi) is 4.77. The molecule has 3 atom stereocenters. The molecule has 0 saturated carbocycles. The zero-order valence-electron chi connectivity index (χ0n) is 13.5. The Bertz CT molecular complexity index is 703. The van der Waals surface area contributed by atoms with Crippen molar-refractivity contribution in [3.05, 3.63) is 41.6 Å². The number of rotatable bonds is 4. The molecular formula is C17H18BrNO4S. The molecule has 0 radical (unpaired) electrons. The molecule has 2 aliphatic heterocycles. The van der Waals surface area contributed by atoms with E-state index in [4.69, 9.17) is 4.74 Å². The number of fused-ring (bicyclic) bond motifs is 1. The topological polar surface area (TPSA) is 69.7 Å². The van der Waals surface area contributed by atoms with Gasteiger partial charge in [0.1, 0.15) is 12.3 Å². The Balaban J connectivity index is 1.96. The third kappa shape index (κ3) is 2.78. The van der Waals surface area contributed by atoms with Gasteiger partial charge >= 0.3 is 5.97 Å². The summed E-state index contributed by atoms with van der Waals surface area (Å²) < 4.78 is 15.3. The fourth-order valence-electron chi connectivity index (χ4n) is 3.34. The summed E-state index contributed by atoms with van der Waals surface area (Å²) in [7, 11) is 1.32. The summed E-state index contributed by atoms with van der Waals surface area (Å²) in [5.41, 5.74) is 1.49. The lowest BCUT2D eigenvalue weighted by Crippen LogP contribution is -2.51. The fraction of sp³-hybridized carbons (Fsp3) is 0.412. The van der Waals surface area contributed by atoms with Crippen molar-refractivity contribution in [3.63, 3.8) is 0 Å². The SMILES string of the molecule is COC(=O)C1(Br)C=C2CCCN2C1C(=O)c1ccc([S+](C)[O-])cc1. The molecule has 24 heavy (non-hydrogen) atoms. The number of hydrogen-bond acceptors (Lipinski definition) is 5. The molecule has 0 aromatic heterocycles. The Hall–Kier alpha value is -1.31. The lowest BCUT2D eigenvalue weighted by molar-refractivity contribution is -0.142. The molecule has 2 heterocycles. The third-order valence-corrected chi connectivity index (χ3v) is 6.43. The quantitative estimate of drug-likeness (QED) is 0.329. The lowest BCUT2D eigenvalue weighted by atomic mass is 9.93. The summed E-state index contributed by atoms with van der Waals surface area (Å²) in [6.45, 7) is 0.740. The maximum Gasteiger partial charge on any atom is 0.329 e. The third-order valence-electron chi connectivity index (χ3n) is 4.50. The van der Waals surface area contributed by atoms with Crippen LogP contribution >= 0.6 is 15.9 Å². The largest absolute Gasteiger partial charge is 0.612 e. The van der Waals surface area contributed by atoms with Crippen LogP contribution in [0.2, 0.25) is 0 Å². The van der Waals surface area contributed by atoms with E-state index in [0.717, 1.165) is 25.1 Å². The van der Waals surface area contributed by atoms with Crippen molar-refractivity contribution < 1.29 is 18.9 Å². The van der Waals surface area contributed by atoms with Gasteiger partial charge in [0.05, 0.1) is 7.11 Å². The molecule has 1 aromatic rings. The molecule has 1 fully saturated rings. The van der Waals surface area contributed by atoms with Crippen molar-refractivity contribution in [1.29, 1.82) is 0 Å². The van der Waals surface area contributed by atoms with Gasteiger partial charge in [0, 0.05) is 17.8 Å². The minimum absolute atomic E-state index is 0.154. The average molecular weight is 412 g/mol. The smallest absolute Gasteiger partial charge is 0.329 e. The van der Waals surface area contributed by atoms with Crippen molar-refractivity contribution in [2.75, 3.05) is 19.9 Å². The minimum atomic E-state index is -1.17. The highest BCUT2D eigenvalue weighted by molar-refractivity contribution is 9.10. The Morgan fingerprint density at radius 3 is 2.62 bits per heavy atom. The van der Waals surface area contributed by atoms with Gasteiger partial charge in [-0.2, -0.15) is 0 Å². The van der Waals surface area contributed by atoms with Crippen LogP contribution in [0.15, 0.2) is 40.9 Å². The first-order chi connectivity index (χ1) is 11.4. The number of allylic oxidation sites excluding steroid dienone is 1. The van der Waals surface area contributed by atoms with E-state index in [-0.39, 0.29) is 5.78 Å². The number of Topliss-reactive ketones (excluding diaryl/α,β-unsaturated/α-hetero) is 1. The van der Waals surface area contributed by atoms with E-state index in [1.807, 2.05) is 11.0 Å². The first-order valence-electron chi connectivity index (χ1n) is 7.62. The van der Waals surface area contributed by atoms with Gasteiger partial charge in [-0.1, -0.05) is 15.9 Å². The molecule has 1 aromatic carbocycles. The molecular weight excluding hydrogens is 394 g/mol. The number of esters is 1. The number of carbonyl (C=O) groups is 2. The number of ketones is 1. The van der Waals surface area contributed by atoms with Crippen LogP contribution in [0.4, 0.5) is 0 Å². The van der Waals surface area contributed by atoms with Crippen LogP contribution in [0.25, 0.3) is 0 Å². The summed E-state index contributed by atoms with van der Waals surface area (Å²) in [6, 6.07) is 6.03. The molecule has 0 spiro atoms. The van der Waals surface area contributed by atoms with Gasteiger partial charge in [-0.3, -0.25) is 9.59 Å². The van der Waals surface area contributed by atoms with Gasteiger partial charge in [-0.05, 0) is 54.4 Å². The average Bonchev–Trinajstić information content (AvgIpc) is 3.12. The van der Waals surface area contributed by atoms with E-state index < -0.39 is 27.5 Å². The van der Waals surface area contributed by atoms with Crippen molar-refractivity contribution in [2.24, 2.45) is 0 Å². The number of alkyl halides is 1. The molecule has 0 aliphatic carbocycles. The number of nitrogens with zero attached hydrogens (tertiary/aromatic N) is 1. The van der Waals surface area contributed by atoms with Crippen LogP contribution in [0.1, 0.15) is 23.2 Å². The second-order valence-electron chi connectivity index (χ2n) is 5.94. The number of carbonyl (C=O) groups excluding carboxylic acids is 2. The summed E-state index contributed by atoms with van der Waals surface area (Å²) >= 11 is 2.37. The van der Waals surface area contributed by atoms with E-state index in [1.54, 1.807) is 30.5 Å². The van der Waals surface area contributed by atoms with Gasteiger partial charge in [-0.25, -0.2) is 0 Å².